The van der Waals surface area contributed by atoms with Crippen molar-refractivity contribution < 1.29 is 9.47 Å². The predicted octanol–water partition coefficient (Wildman–Crippen LogP) is 3.24. The minimum atomic E-state index is 0. The number of nitrogens with one attached hydrogen (secondary N) is 1. The van der Waals surface area contributed by atoms with Crippen LogP contribution < -0.4 is 10.1 Å². The lowest BCUT2D eigenvalue weighted by Gasteiger charge is -2.32. The molecule has 1 aromatic carbocycles. The highest BCUT2D eigenvalue weighted by atomic mass is 127. The molecule has 6 nitrogen and oxygen atoms in total. The van der Waals surface area contributed by atoms with E-state index in [0.29, 0.717) is 5.92 Å². The molecule has 1 aliphatic heterocycles. The summed E-state index contributed by atoms with van der Waals surface area (Å²) < 4.78 is 10.8. The second-order valence-corrected chi connectivity index (χ2v) is 7.00. The van der Waals surface area contributed by atoms with Gasteiger partial charge in [-0.3, -0.25) is 9.89 Å². The van der Waals surface area contributed by atoms with Crippen LogP contribution in [-0.2, 0) is 4.74 Å². The topological polar surface area (TPSA) is 49.3 Å². The average Bonchev–Trinajstić information content (AvgIpc) is 3.16. The molecule has 0 spiro atoms. The monoisotopic (exact) mass is 504 g/mol. The first-order valence-electron chi connectivity index (χ1n) is 9.99. The van der Waals surface area contributed by atoms with E-state index in [0.717, 1.165) is 57.5 Å². The first-order valence-corrected chi connectivity index (χ1v) is 9.99. The van der Waals surface area contributed by atoms with Crippen molar-refractivity contribution in [3.05, 3.63) is 29.8 Å². The van der Waals surface area contributed by atoms with Crippen LogP contribution >= 0.6 is 24.0 Å². The van der Waals surface area contributed by atoms with Crippen LogP contribution in [0.25, 0.3) is 0 Å². The number of benzene rings is 1. The van der Waals surface area contributed by atoms with Gasteiger partial charge in [-0.15, -0.1) is 24.0 Å². The first-order chi connectivity index (χ1) is 13.2. The van der Waals surface area contributed by atoms with E-state index in [2.05, 4.69) is 52.2 Å². The maximum absolute atomic E-state index is 5.43. The van der Waals surface area contributed by atoms with Gasteiger partial charge in [-0.2, -0.15) is 0 Å². The molecule has 0 amide bonds. The van der Waals surface area contributed by atoms with Crippen LogP contribution in [0.3, 0.4) is 0 Å². The zero-order valence-electron chi connectivity index (χ0n) is 18.0. The smallest absolute Gasteiger partial charge is 0.193 e. The SMILES string of the molecule is CCN(CC)C(CNC(=NC)N1CCC(COC)C1)c1cccc(OC)c1.I. The van der Waals surface area contributed by atoms with Gasteiger partial charge >= 0.3 is 0 Å². The van der Waals surface area contributed by atoms with Crippen molar-refractivity contribution in [1.29, 1.82) is 0 Å². The van der Waals surface area contributed by atoms with Gasteiger partial charge < -0.3 is 19.7 Å². The lowest BCUT2D eigenvalue weighted by atomic mass is 10.0. The summed E-state index contributed by atoms with van der Waals surface area (Å²) in [7, 11) is 5.36. The number of aliphatic imine (C=N–C) groups is 1. The van der Waals surface area contributed by atoms with Crippen molar-refractivity contribution in [2.45, 2.75) is 26.3 Å². The highest BCUT2D eigenvalue weighted by Gasteiger charge is 2.26. The van der Waals surface area contributed by atoms with Gasteiger partial charge in [0.1, 0.15) is 5.75 Å². The van der Waals surface area contributed by atoms with Gasteiger partial charge in [-0.25, -0.2) is 0 Å². The van der Waals surface area contributed by atoms with Crippen molar-refractivity contribution >= 4 is 29.9 Å². The van der Waals surface area contributed by atoms with Crippen LogP contribution in [0.2, 0.25) is 0 Å². The largest absolute Gasteiger partial charge is 0.497 e. The number of likely N-dealkylation sites (tertiary alicyclic amines) is 1. The third kappa shape index (κ3) is 6.77. The number of likely N-dealkylation sites (N-methyl/N-ethyl adjacent to an activating group) is 1. The maximum Gasteiger partial charge on any atom is 0.193 e. The molecule has 0 saturated carbocycles. The Morgan fingerprint density at radius 2 is 2.07 bits per heavy atom. The molecule has 1 aromatic rings. The van der Waals surface area contributed by atoms with Gasteiger partial charge in [-0.1, -0.05) is 26.0 Å². The summed E-state index contributed by atoms with van der Waals surface area (Å²) in [6.07, 6.45) is 1.16. The lowest BCUT2D eigenvalue weighted by molar-refractivity contribution is 0.157. The standard InChI is InChI=1S/C21H36N4O2.HI/c1-6-24(7-2)20(18-9-8-10-19(13-18)27-5)14-23-21(22-3)25-12-11-17(15-25)16-26-4;/h8-10,13,17,20H,6-7,11-12,14-16H2,1-5H3,(H,22,23);1H. The molecule has 0 aromatic heterocycles. The molecule has 0 bridgehead atoms. The molecule has 1 aliphatic rings. The van der Waals surface area contributed by atoms with Crippen LogP contribution in [0.4, 0.5) is 0 Å². The number of guanidine groups is 1. The maximum atomic E-state index is 5.43. The molecule has 160 valence electrons. The number of halogens is 1. The van der Waals surface area contributed by atoms with Gasteiger partial charge in [0.05, 0.1) is 19.8 Å². The molecule has 2 rings (SSSR count). The Balaban J connectivity index is 0.00000392. The van der Waals surface area contributed by atoms with E-state index in [1.165, 1.54) is 5.56 Å². The predicted molar refractivity (Wildman–Crippen MR) is 127 cm³/mol. The molecule has 28 heavy (non-hydrogen) atoms. The number of hydrogen-bond donors (Lipinski definition) is 1. The van der Waals surface area contributed by atoms with Gasteiger partial charge in [0.25, 0.3) is 0 Å². The minimum Gasteiger partial charge on any atom is -0.497 e. The van der Waals surface area contributed by atoms with Crippen LogP contribution in [0, 0.1) is 5.92 Å². The number of hydrogen-bond acceptors (Lipinski definition) is 4. The summed E-state index contributed by atoms with van der Waals surface area (Å²) in [5, 5.41) is 3.61. The molecule has 0 radical (unpaired) electrons. The van der Waals surface area contributed by atoms with Gasteiger partial charge in [-0.05, 0) is 37.2 Å². The van der Waals surface area contributed by atoms with E-state index in [1.54, 1.807) is 14.2 Å². The Bertz CT molecular complexity index is 596. The second-order valence-electron chi connectivity index (χ2n) is 7.00. The number of ether oxygens (including phenoxy) is 2. The quantitative estimate of drug-likeness (QED) is 0.318. The third-order valence-electron chi connectivity index (χ3n) is 5.38. The van der Waals surface area contributed by atoms with E-state index >= 15 is 0 Å². The average molecular weight is 504 g/mol. The first kappa shape index (κ1) is 25.0. The van der Waals surface area contributed by atoms with Crippen molar-refractivity contribution in [3.63, 3.8) is 0 Å². The summed E-state index contributed by atoms with van der Waals surface area (Å²) in [6, 6.07) is 8.65. The molecule has 2 unspecified atom stereocenters. The second kappa shape index (κ2) is 13.2. The Kier molecular flexibility index (Phi) is 11.8. The van der Waals surface area contributed by atoms with E-state index in [4.69, 9.17) is 9.47 Å². The fraction of sp³-hybridized carbons (Fsp3) is 0.667. The van der Waals surface area contributed by atoms with Crippen molar-refractivity contribution in [3.8, 4) is 5.75 Å². The summed E-state index contributed by atoms with van der Waals surface area (Å²) in [5.74, 6) is 2.47. The van der Waals surface area contributed by atoms with Gasteiger partial charge in [0, 0.05) is 39.7 Å². The van der Waals surface area contributed by atoms with E-state index in [1.807, 2.05) is 13.1 Å². The minimum absolute atomic E-state index is 0. The molecular weight excluding hydrogens is 467 g/mol. The third-order valence-corrected chi connectivity index (χ3v) is 5.38. The Morgan fingerprint density at radius 1 is 1.32 bits per heavy atom. The van der Waals surface area contributed by atoms with Crippen LogP contribution in [-0.4, -0.2) is 76.4 Å². The van der Waals surface area contributed by atoms with Crippen molar-refractivity contribution in [2.75, 3.05) is 60.6 Å². The number of nitrogens with zero attached hydrogens (tertiary/aromatic N) is 3. The fourth-order valence-corrected chi connectivity index (χ4v) is 3.89. The fourth-order valence-electron chi connectivity index (χ4n) is 3.89. The van der Waals surface area contributed by atoms with Gasteiger partial charge in [0.15, 0.2) is 5.96 Å². The highest BCUT2D eigenvalue weighted by Crippen LogP contribution is 2.24. The number of rotatable bonds is 9. The molecule has 1 heterocycles. The summed E-state index contributed by atoms with van der Waals surface area (Å²) >= 11 is 0. The summed E-state index contributed by atoms with van der Waals surface area (Å²) in [5.41, 5.74) is 1.26. The zero-order valence-corrected chi connectivity index (χ0v) is 20.3. The van der Waals surface area contributed by atoms with Gasteiger partial charge in [0.2, 0.25) is 0 Å². The van der Waals surface area contributed by atoms with Crippen LogP contribution in [0.15, 0.2) is 29.3 Å². The molecule has 1 saturated heterocycles. The highest BCUT2D eigenvalue weighted by molar-refractivity contribution is 14.0. The summed E-state index contributed by atoms with van der Waals surface area (Å²) in [6.45, 7) is 10.1. The molecule has 7 heteroatoms. The molecule has 1 N–H and O–H groups in total. The zero-order chi connectivity index (χ0) is 19.6. The van der Waals surface area contributed by atoms with Crippen LogP contribution in [0.1, 0.15) is 31.9 Å². The normalized spacial score (nSPS) is 18.1. The lowest BCUT2D eigenvalue weighted by Crippen LogP contribution is -2.44. The Hall–Kier alpha value is -1.06. The Morgan fingerprint density at radius 3 is 2.68 bits per heavy atom. The van der Waals surface area contributed by atoms with E-state index < -0.39 is 0 Å². The Labute approximate surface area is 187 Å². The molecule has 2 atom stereocenters. The van der Waals surface area contributed by atoms with Crippen molar-refractivity contribution in [2.24, 2.45) is 10.9 Å². The van der Waals surface area contributed by atoms with E-state index in [-0.39, 0.29) is 30.0 Å². The summed E-state index contributed by atoms with van der Waals surface area (Å²) in [4.78, 5) is 9.33. The molecular formula is C21H37IN4O2. The van der Waals surface area contributed by atoms with Crippen molar-refractivity contribution in [1.82, 2.24) is 15.1 Å². The molecule has 0 aliphatic carbocycles. The van der Waals surface area contributed by atoms with E-state index in [9.17, 15) is 0 Å². The number of methoxy groups -OCH3 is 2. The van der Waals surface area contributed by atoms with Crippen LogP contribution in [0.5, 0.6) is 5.75 Å². The molecule has 1 fully saturated rings.